The number of nitrogens with zero attached hydrogens (tertiary/aromatic N) is 3. The van der Waals surface area contributed by atoms with Gasteiger partial charge in [0.1, 0.15) is 11.6 Å². The first-order chi connectivity index (χ1) is 17.6. The average molecular weight is 595 g/mol. The van der Waals surface area contributed by atoms with Gasteiger partial charge in [0.25, 0.3) is 0 Å². The monoisotopic (exact) mass is 593 g/mol. The second-order valence-corrected chi connectivity index (χ2v) is 11.4. The average Bonchev–Trinajstić information content (AvgIpc) is 2.87. The number of Topliss-reactive ketones (excluding diaryl/α,β-unsaturated/α-hetero) is 1. The molecule has 0 saturated carbocycles. The molecule has 0 bridgehead atoms. The summed E-state index contributed by atoms with van der Waals surface area (Å²) in [5.74, 6) is 0.245. The zero-order valence-corrected chi connectivity index (χ0v) is 22.7. The van der Waals surface area contributed by atoms with Gasteiger partial charge in [-0.15, -0.1) is 0 Å². The maximum Gasteiger partial charge on any atom is 0.238 e. The number of aromatic nitrogens is 2. The Balaban J connectivity index is 1.70. The molecule has 0 aliphatic heterocycles. The molecule has 0 spiro atoms. The molecule has 4 aromatic rings. The van der Waals surface area contributed by atoms with Crippen molar-refractivity contribution in [3.05, 3.63) is 94.0 Å². The first-order valence-electron chi connectivity index (χ1n) is 10.8. The fourth-order valence-electron chi connectivity index (χ4n) is 3.34. The number of nitrogens with two attached hydrogens (primary N) is 1. The Labute approximate surface area is 227 Å². The van der Waals surface area contributed by atoms with Gasteiger partial charge in [-0.3, -0.25) is 4.79 Å². The topological polar surface area (TPSA) is 139 Å². The Morgan fingerprint density at radius 3 is 2.27 bits per heavy atom. The van der Waals surface area contributed by atoms with Crippen molar-refractivity contribution < 1.29 is 13.2 Å². The highest BCUT2D eigenvalue weighted by Crippen LogP contribution is 2.31. The normalized spacial score (nSPS) is 11.1. The number of anilines is 2. The predicted molar refractivity (Wildman–Crippen MR) is 147 cm³/mol. The molecule has 0 unspecified atom stereocenters. The van der Waals surface area contributed by atoms with Crippen molar-refractivity contribution in [1.82, 2.24) is 9.97 Å². The zero-order valence-electron chi connectivity index (χ0n) is 19.5. The van der Waals surface area contributed by atoms with Gasteiger partial charge in [-0.1, -0.05) is 69.7 Å². The molecule has 186 valence electrons. The molecule has 3 N–H and O–H groups in total. The highest BCUT2D eigenvalue weighted by molar-refractivity contribution is 9.10. The van der Waals surface area contributed by atoms with Crippen molar-refractivity contribution in [2.75, 3.05) is 11.1 Å². The maximum absolute atomic E-state index is 12.7. The summed E-state index contributed by atoms with van der Waals surface area (Å²) >= 11 is 4.52. The van der Waals surface area contributed by atoms with Gasteiger partial charge in [-0.25, -0.2) is 23.5 Å². The van der Waals surface area contributed by atoms with Crippen molar-refractivity contribution in [3.8, 4) is 17.3 Å². The standard InChI is InChI=1S/C26H20BrN5O3S2/c1-16-2-4-18(5-3-16)24-22(14-28)25(30-20-10-12-21(13-11-20)37(29,34)35)32-26(31-24)36-15-23(33)17-6-8-19(27)9-7-17/h2-13H,15H2,1H3,(H2,29,34,35)(H,30,31,32). The minimum atomic E-state index is -3.84. The van der Waals surface area contributed by atoms with E-state index in [9.17, 15) is 18.5 Å². The molecule has 1 aromatic heterocycles. The third-order valence-electron chi connectivity index (χ3n) is 5.27. The SMILES string of the molecule is Cc1ccc(-c2nc(SCC(=O)c3ccc(Br)cc3)nc(Nc3ccc(S(N)(=O)=O)cc3)c2C#N)cc1. The molecule has 0 saturated heterocycles. The van der Waals surface area contributed by atoms with Crippen LogP contribution in [0, 0.1) is 18.3 Å². The van der Waals surface area contributed by atoms with Crippen LogP contribution in [0.3, 0.4) is 0 Å². The molecule has 0 aliphatic carbocycles. The number of benzene rings is 3. The van der Waals surface area contributed by atoms with Crippen LogP contribution in [0.2, 0.25) is 0 Å². The number of halogens is 1. The van der Waals surface area contributed by atoms with Crippen LogP contribution in [0.5, 0.6) is 0 Å². The summed E-state index contributed by atoms with van der Waals surface area (Å²) in [6.07, 6.45) is 0. The summed E-state index contributed by atoms with van der Waals surface area (Å²) < 4.78 is 24.0. The Hall–Kier alpha value is -3.56. The van der Waals surface area contributed by atoms with Crippen molar-refractivity contribution in [2.45, 2.75) is 17.0 Å². The van der Waals surface area contributed by atoms with E-state index in [4.69, 9.17) is 5.14 Å². The highest BCUT2D eigenvalue weighted by Gasteiger charge is 2.18. The zero-order chi connectivity index (χ0) is 26.6. The molecule has 0 aliphatic rings. The molecule has 8 nitrogen and oxygen atoms in total. The van der Waals surface area contributed by atoms with E-state index in [0.29, 0.717) is 22.1 Å². The number of ketones is 1. The number of rotatable bonds is 8. The smallest absolute Gasteiger partial charge is 0.238 e. The maximum atomic E-state index is 12.7. The number of hydrogen-bond acceptors (Lipinski definition) is 8. The number of nitrogens with one attached hydrogen (secondary N) is 1. The van der Waals surface area contributed by atoms with Crippen molar-refractivity contribution in [3.63, 3.8) is 0 Å². The predicted octanol–water partition coefficient (Wildman–Crippen LogP) is 5.45. The second-order valence-electron chi connectivity index (χ2n) is 7.97. The number of sulfonamides is 1. The van der Waals surface area contributed by atoms with Crippen molar-refractivity contribution >= 4 is 55.0 Å². The van der Waals surface area contributed by atoms with Crippen LogP contribution >= 0.6 is 27.7 Å². The number of aryl methyl sites for hydroxylation is 1. The van der Waals surface area contributed by atoms with Gasteiger partial charge in [0, 0.05) is 21.3 Å². The molecular weight excluding hydrogens is 574 g/mol. The number of primary sulfonamides is 1. The van der Waals surface area contributed by atoms with Crippen LogP contribution in [0.25, 0.3) is 11.3 Å². The van der Waals surface area contributed by atoms with Gasteiger partial charge in [-0.2, -0.15) is 5.26 Å². The first kappa shape index (κ1) is 26.5. The van der Waals surface area contributed by atoms with Crippen LogP contribution in [0.15, 0.2) is 87.3 Å². The lowest BCUT2D eigenvalue weighted by molar-refractivity contribution is 0.102. The second kappa shape index (κ2) is 11.2. The van der Waals surface area contributed by atoms with Gasteiger partial charge in [0.15, 0.2) is 16.8 Å². The molecule has 3 aromatic carbocycles. The fraction of sp³-hybridized carbons (Fsp3) is 0.0769. The molecule has 0 radical (unpaired) electrons. The number of nitriles is 1. The third kappa shape index (κ3) is 6.61. The molecular formula is C26H20BrN5O3S2. The van der Waals surface area contributed by atoms with Gasteiger partial charge in [-0.05, 0) is 43.3 Å². The summed E-state index contributed by atoms with van der Waals surface area (Å²) in [5.41, 5.74) is 3.47. The largest absolute Gasteiger partial charge is 0.339 e. The molecule has 11 heteroatoms. The van der Waals surface area contributed by atoms with Crippen LogP contribution < -0.4 is 10.5 Å². The third-order valence-corrected chi connectivity index (χ3v) is 7.57. The van der Waals surface area contributed by atoms with Crippen molar-refractivity contribution in [2.24, 2.45) is 5.14 Å². The molecule has 1 heterocycles. The first-order valence-corrected chi connectivity index (χ1v) is 14.2. The summed E-state index contributed by atoms with van der Waals surface area (Å²) in [4.78, 5) is 21.8. The highest BCUT2D eigenvalue weighted by atomic mass is 79.9. The minimum Gasteiger partial charge on any atom is -0.339 e. The van der Waals surface area contributed by atoms with E-state index in [-0.39, 0.29) is 27.8 Å². The Kier molecular flexibility index (Phi) is 8.04. The summed E-state index contributed by atoms with van der Waals surface area (Å²) in [7, 11) is -3.84. The number of hydrogen-bond donors (Lipinski definition) is 2. The van der Waals surface area contributed by atoms with Gasteiger partial charge in [0.2, 0.25) is 10.0 Å². The summed E-state index contributed by atoms with van der Waals surface area (Å²) in [6.45, 7) is 1.96. The number of thioether (sulfide) groups is 1. The van der Waals surface area contributed by atoms with E-state index in [1.54, 1.807) is 24.3 Å². The minimum absolute atomic E-state index is 0.0377. The van der Waals surface area contributed by atoms with Crippen LogP contribution in [-0.4, -0.2) is 29.9 Å². The Bertz CT molecular complexity index is 1600. The van der Waals surface area contributed by atoms with Gasteiger partial charge in [0.05, 0.1) is 16.3 Å². The Morgan fingerprint density at radius 2 is 1.68 bits per heavy atom. The number of carbonyl (C=O) groups is 1. The molecule has 37 heavy (non-hydrogen) atoms. The van der Waals surface area contributed by atoms with Gasteiger partial charge < -0.3 is 5.32 Å². The fourth-order valence-corrected chi connectivity index (χ4v) is 4.85. The molecule has 0 amide bonds. The molecule has 0 fully saturated rings. The van der Waals surface area contributed by atoms with Crippen LogP contribution in [0.4, 0.5) is 11.5 Å². The molecule has 4 rings (SSSR count). The lowest BCUT2D eigenvalue weighted by Crippen LogP contribution is -2.12. The van der Waals surface area contributed by atoms with E-state index in [1.807, 2.05) is 31.2 Å². The quantitative estimate of drug-likeness (QED) is 0.156. The summed E-state index contributed by atoms with van der Waals surface area (Å²) in [6, 6.07) is 22.6. The van der Waals surface area contributed by atoms with Crippen molar-refractivity contribution in [1.29, 1.82) is 5.26 Å². The lowest BCUT2D eigenvalue weighted by atomic mass is 10.1. The van der Waals surface area contributed by atoms with E-state index in [0.717, 1.165) is 27.4 Å². The van der Waals surface area contributed by atoms with E-state index in [2.05, 4.69) is 37.3 Å². The van der Waals surface area contributed by atoms with E-state index >= 15 is 0 Å². The van der Waals surface area contributed by atoms with Crippen LogP contribution in [-0.2, 0) is 10.0 Å². The Morgan fingerprint density at radius 1 is 1.03 bits per heavy atom. The summed E-state index contributed by atoms with van der Waals surface area (Å²) in [5, 5.41) is 18.6. The lowest BCUT2D eigenvalue weighted by Gasteiger charge is -2.13. The van der Waals surface area contributed by atoms with Crippen LogP contribution in [0.1, 0.15) is 21.5 Å². The van der Waals surface area contributed by atoms with Gasteiger partial charge >= 0.3 is 0 Å². The molecule has 0 atom stereocenters. The van der Waals surface area contributed by atoms with E-state index < -0.39 is 10.0 Å². The van der Waals surface area contributed by atoms with E-state index in [1.165, 1.54) is 24.3 Å². The number of carbonyl (C=O) groups excluding carboxylic acids is 1.